The molecule has 6 aromatic carbocycles. The Labute approximate surface area is 555 Å². The fourth-order valence-corrected chi connectivity index (χ4v) is 11.8. The zero-order valence-electron chi connectivity index (χ0n) is 51.9. The molecule has 6 atom stereocenters. The smallest absolute Gasteiger partial charge is 0.405 e. The molecule has 88 heavy (non-hydrogen) atoms. The van der Waals surface area contributed by atoms with Crippen LogP contribution in [0.4, 0.5) is 0 Å². The number of rotatable bonds is 9. The molecule has 0 aromatic heterocycles. The van der Waals surface area contributed by atoms with Gasteiger partial charge in [0.2, 0.25) is 0 Å². The molecule has 6 heterocycles. The Hall–Kier alpha value is -3.03. The molecule has 24 heteroatoms. The summed E-state index contributed by atoms with van der Waals surface area (Å²) in [7, 11) is -1.47. The number of halogens is 6. The van der Waals surface area contributed by atoms with Crippen molar-refractivity contribution in [3.05, 3.63) is 173 Å². The van der Waals surface area contributed by atoms with Crippen molar-refractivity contribution >= 4 is 145 Å². The Morgan fingerprint density at radius 2 is 0.466 bits per heavy atom. The highest BCUT2D eigenvalue weighted by atomic mass is 35.5. The van der Waals surface area contributed by atoms with Crippen LogP contribution in [0.1, 0.15) is 102 Å². The Morgan fingerprint density at radius 3 is 0.636 bits per heavy atom. The average Bonchev–Trinajstić information content (AvgIpc) is 4.51. The van der Waals surface area contributed by atoms with Gasteiger partial charge >= 0.3 is 42.7 Å². The van der Waals surface area contributed by atoms with E-state index >= 15 is 0 Å². The molecule has 0 radical (unpaired) electrons. The highest BCUT2D eigenvalue weighted by Crippen LogP contribution is 2.21. The number of hydrogen-bond donors (Lipinski definition) is 0. The Morgan fingerprint density at radius 1 is 0.284 bits per heavy atom. The average molecular weight is 1320 g/mol. The van der Waals surface area contributed by atoms with Crippen molar-refractivity contribution in [2.75, 3.05) is 39.6 Å². The topological polar surface area (TPSA) is 111 Å². The molecule has 0 saturated carbocycles. The lowest BCUT2D eigenvalue weighted by Gasteiger charge is -2.08. The van der Waals surface area contributed by atoms with Gasteiger partial charge in [0.25, 0.3) is 0 Å². The first-order valence-corrected chi connectivity index (χ1v) is 32.0. The van der Waals surface area contributed by atoms with Crippen LogP contribution in [0.5, 0.6) is 0 Å². The summed E-state index contributed by atoms with van der Waals surface area (Å²) in [4.78, 5) is 0. The van der Waals surface area contributed by atoms with Crippen LogP contribution in [0.15, 0.2) is 109 Å². The van der Waals surface area contributed by atoms with Crippen LogP contribution in [0.25, 0.3) is 0 Å². The fourth-order valence-electron chi connectivity index (χ4n) is 10.1. The lowest BCUT2D eigenvalue weighted by Crippen LogP contribution is -2.32. The van der Waals surface area contributed by atoms with E-state index in [9.17, 15) is 0 Å². The highest BCUT2D eigenvalue weighted by Gasteiger charge is 2.36. The Bertz CT molecular complexity index is 2710. The van der Waals surface area contributed by atoms with Crippen molar-refractivity contribution in [3.8, 4) is 0 Å². The molecular weight excluding hydrogens is 1240 g/mol. The molecule has 6 aromatic rings. The van der Waals surface area contributed by atoms with Gasteiger partial charge in [0, 0.05) is 30.1 Å². The Balaban J connectivity index is 0.000000168. The maximum atomic E-state index is 5.90. The predicted molar refractivity (Wildman–Crippen MR) is 369 cm³/mol. The van der Waals surface area contributed by atoms with Gasteiger partial charge in [0.15, 0.2) is 0 Å². The van der Waals surface area contributed by atoms with E-state index in [2.05, 4.69) is 117 Å². The molecule has 0 bridgehead atoms. The first-order valence-electron chi connectivity index (χ1n) is 29.8. The summed E-state index contributed by atoms with van der Waals surface area (Å²) in [5.74, 6) is 0. The lowest BCUT2D eigenvalue weighted by atomic mass is 9.78. The summed E-state index contributed by atoms with van der Waals surface area (Å²) >= 11 is 35.3. The third kappa shape index (κ3) is 23.8. The van der Waals surface area contributed by atoms with Crippen LogP contribution in [-0.2, 0) is 55.9 Å². The number of benzene rings is 6. The Kier molecular flexibility index (Phi) is 30.6. The maximum Gasteiger partial charge on any atom is 0.494 e. The van der Waals surface area contributed by atoms with Gasteiger partial charge in [-0.25, -0.2) is 0 Å². The number of aryl methyl sites for hydroxylation is 6. The summed E-state index contributed by atoms with van der Waals surface area (Å²) in [6, 6.07) is 35.2. The van der Waals surface area contributed by atoms with Crippen LogP contribution in [-0.4, -0.2) is 119 Å². The van der Waals surface area contributed by atoms with E-state index in [1.165, 1.54) is 33.4 Å². The SMILES string of the molecule is C.CC1COB(c2cc(Cl)cc(Cl)c2)O1.CC1COB(c2cc(Cl)cc(Cl)c2)O1.CCC1COB(c2cc(C)cc(C)c2)O1.CCC1COB(c2cc(C)cc(C)c2)O1.CCC1COB(c2cc(Cl)cc(Cl)c2)O1.Cc1cc(C)cc(B2OCC(C)O2)c1. The van der Waals surface area contributed by atoms with E-state index in [4.69, 9.17) is 125 Å². The maximum absolute atomic E-state index is 5.90. The van der Waals surface area contributed by atoms with Gasteiger partial charge in [-0.2, -0.15) is 0 Å². The fraction of sp³-hybridized carbons (Fsp3) is 0.438. The molecule has 0 N–H and O–H groups in total. The second-order valence-electron chi connectivity index (χ2n) is 22.7. The van der Waals surface area contributed by atoms with E-state index in [1.54, 1.807) is 42.5 Å². The molecule has 12 rings (SSSR count). The van der Waals surface area contributed by atoms with Crippen molar-refractivity contribution in [2.24, 2.45) is 0 Å². The van der Waals surface area contributed by atoms with Crippen molar-refractivity contribution in [1.29, 1.82) is 0 Å². The van der Waals surface area contributed by atoms with Gasteiger partial charge in [0.05, 0.1) is 76.3 Å². The van der Waals surface area contributed by atoms with Crippen molar-refractivity contribution in [3.63, 3.8) is 0 Å². The standard InChI is InChI=1S/2C12H17BO2.C11H15BO2.C10H11BCl2O2.2C9H9BCl2O2.CH4/c2*1-4-12-8-14-13(15-12)11-6-9(2)5-10(3)7-11;1-8-4-9(2)6-11(5-8)12-13-7-10(3)14-12;1-2-10-6-14-11(15-10)7-3-8(12)5-9(13)4-7;2*1-6-5-13-10(14-6)7-2-8(11)4-9(12)3-7;/h2*5-7,12H,4,8H2,1-3H3;4-6,10H,7H2,1-3H3;3-5,10H,2,6H2,1H3;2*2-4,6H,5H2,1H3;1H4. The summed E-state index contributed by atoms with van der Waals surface area (Å²) < 4.78 is 67.1. The van der Waals surface area contributed by atoms with Crippen molar-refractivity contribution in [1.82, 2.24) is 0 Å². The summed E-state index contributed by atoms with van der Waals surface area (Å²) in [6.45, 7) is 28.8. The zero-order chi connectivity index (χ0) is 62.9. The second-order valence-corrected chi connectivity index (χ2v) is 25.3. The van der Waals surface area contributed by atoms with Crippen LogP contribution >= 0.6 is 69.6 Å². The molecule has 6 unspecified atom stereocenters. The monoisotopic (exact) mass is 1320 g/mol. The molecule has 12 nitrogen and oxygen atoms in total. The molecule has 6 aliphatic heterocycles. The minimum Gasteiger partial charge on any atom is -0.405 e. The van der Waals surface area contributed by atoms with Crippen LogP contribution in [0.2, 0.25) is 30.1 Å². The van der Waals surface area contributed by atoms with E-state index in [-0.39, 0.29) is 86.8 Å². The molecular formula is C64H82B6Cl6O12. The third-order valence-electron chi connectivity index (χ3n) is 14.1. The highest BCUT2D eigenvalue weighted by molar-refractivity contribution is 6.64. The van der Waals surface area contributed by atoms with Gasteiger partial charge in [-0.05, 0) is 169 Å². The predicted octanol–water partition coefficient (Wildman–Crippen LogP) is 12.5. The molecule has 6 aliphatic rings. The van der Waals surface area contributed by atoms with E-state index in [0.717, 1.165) is 52.0 Å². The van der Waals surface area contributed by atoms with Gasteiger partial charge in [-0.15, -0.1) is 0 Å². The molecule has 470 valence electrons. The molecule has 0 amide bonds. The van der Waals surface area contributed by atoms with Crippen molar-refractivity contribution in [2.45, 2.75) is 146 Å². The van der Waals surface area contributed by atoms with Crippen LogP contribution in [0.3, 0.4) is 0 Å². The summed E-state index contributed by atoms with van der Waals surface area (Å²) in [6.07, 6.45) is 4.13. The van der Waals surface area contributed by atoms with E-state index < -0.39 is 0 Å². The first kappa shape index (κ1) is 74.0. The molecule has 6 saturated heterocycles. The number of hydrogen-bond acceptors (Lipinski definition) is 12. The molecule has 6 fully saturated rings. The van der Waals surface area contributed by atoms with Crippen molar-refractivity contribution < 1.29 is 55.9 Å². The second kappa shape index (κ2) is 36.4. The van der Waals surface area contributed by atoms with Gasteiger partial charge in [0.1, 0.15) is 0 Å². The minimum atomic E-state index is -0.332. The first-order chi connectivity index (χ1) is 41.5. The van der Waals surface area contributed by atoms with Gasteiger partial charge in [-0.3, -0.25) is 0 Å². The van der Waals surface area contributed by atoms with Crippen LogP contribution in [0, 0.1) is 41.5 Å². The van der Waals surface area contributed by atoms with Gasteiger partial charge in [-0.1, -0.05) is 186 Å². The summed E-state index contributed by atoms with van der Waals surface area (Å²) in [5, 5.41) is 3.59. The molecule has 0 aliphatic carbocycles. The third-order valence-corrected chi connectivity index (χ3v) is 15.5. The lowest BCUT2D eigenvalue weighted by molar-refractivity contribution is 0.230. The largest absolute Gasteiger partial charge is 0.494 e. The van der Waals surface area contributed by atoms with Crippen LogP contribution < -0.4 is 32.8 Å². The normalized spacial score (nSPS) is 21.1. The van der Waals surface area contributed by atoms with E-state index in [1.807, 2.05) is 32.9 Å². The zero-order valence-corrected chi connectivity index (χ0v) is 56.4. The quantitative estimate of drug-likeness (QED) is 0.129. The minimum absolute atomic E-state index is 0. The van der Waals surface area contributed by atoms with Gasteiger partial charge < -0.3 is 55.9 Å². The summed E-state index contributed by atoms with van der Waals surface area (Å²) in [5.41, 5.74) is 13.6. The van der Waals surface area contributed by atoms with E-state index in [0.29, 0.717) is 69.8 Å². The molecule has 0 spiro atoms.